The van der Waals surface area contributed by atoms with Crippen molar-refractivity contribution in [3.05, 3.63) is 154 Å². The molecule has 2 aliphatic rings. The molecule has 2 nitrogen and oxygen atoms in total. The smallest absolute Gasteiger partial charge is 0.227 e. The lowest BCUT2D eigenvalue weighted by Gasteiger charge is -2.31. The first-order valence-corrected chi connectivity index (χ1v) is 13.7. The highest BCUT2D eigenvalue weighted by Crippen LogP contribution is 2.52. The minimum atomic E-state index is -0.345. The Morgan fingerprint density at radius 3 is 2.36 bits per heavy atom. The zero-order valence-electron chi connectivity index (χ0n) is 22.1. The molecule has 0 N–H and O–H groups in total. The van der Waals surface area contributed by atoms with Crippen molar-refractivity contribution in [3.63, 3.8) is 0 Å². The van der Waals surface area contributed by atoms with Crippen LogP contribution in [0.2, 0.25) is 0 Å². The van der Waals surface area contributed by atoms with Crippen LogP contribution >= 0.6 is 0 Å². The van der Waals surface area contributed by atoms with Crippen LogP contribution in [0, 0.1) is 24.6 Å². The van der Waals surface area contributed by atoms with Crippen LogP contribution in [0.3, 0.4) is 0 Å². The molecule has 0 aromatic heterocycles. The second kappa shape index (κ2) is 10.9. The normalized spacial score (nSPS) is 22.4. The van der Waals surface area contributed by atoms with Gasteiger partial charge in [-0.1, -0.05) is 127 Å². The Labute approximate surface area is 230 Å². The Kier molecular flexibility index (Phi) is 6.98. The minimum absolute atomic E-state index is 0.0359. The number of nitrogens with zero attached hydrogens (tertiary/aromatic N) is 1. The molecule has 6 rings (SSSR count). The molecule has 1 heterocycles. The maximum absolute atomic E-state index is 15.3. The molecule has 39 heavy (non-hydrogen) atoms. The highest BCUT2D eigenvalue weighted by atomic mass is 19.1. The van der Waals surface area contributed by atoms with E-state index in [1.165, 1.54) is 6.07 Å². The third-order valence-corrected chi connectivity index (χ3v) is 8.14. The molecule has 1 fully saturated rings. The van der Waals surface area contributed by atoms with Crippen molar-refractivity contribution in [2.45, 2.75) is 31.8 Å². The van der Waals surface area contributed by atoms with Gasteiger partial charge in [0.05, 0.1) is 12.0 Å². The van der Waals surface area contributed by atoms with Crippen molar-refractivity contribution in [2.75, 3.05) is 0 Å². The standard InChI is InChI=1S/C36H32FNO/c1-25-18-21-33(37)32(22-25)35-31-17-9-16-30(34(31)36(39)38(35)24-28-12-6-3-7-13-28)29-15-8-14-27(23-29)20-19-26-10-4-2-5-11-26/h2-15,17-23,30-31,34-35H,16,24H2,1H3/b20-19+/t30-,31-,34-,35-/m1/s1. The van der Waals surface area contributed by atoms with E-state index in [1.54, 1.807) is 6.07 Å². The molecule has 4 aromatic rings. The average Bonchev–Trinajstić information content (AvgIpc) is 3.25. The fourth-order valence-corrected chi connectivity index (χ4v) is 6.31. The Morgan fingerprint density at radius 2 is 1.56 bits per heavy atom. The maximum Gasteiger partial charge on any atom is 0.227 e. The summed E-state index contributed by atoms with van der Waals surface area (Å²) in [6, 6.07) is 33.7. The van der Waals surface area contributed by atoms with Crippen LogP contribution in [0.4, 0.5) is 4.39 Å². The van der Waals surface area contributed by atoms with Crippen molar-refractivity contribution in [3.8, 4) is 0 Å². The number of carbonyl (C=O) groups is 1. The van der Waals surface area contributed by atoms with Crippen molar-refractivity contribution in [1.29, 1.82) is 0 Å². The third-order valence-electron chi connectivity index (χ3n) is 8.14. The van der Waals surface area contributed by atoms with Gasteiger partial charge in [-0.25, -0.2) is 4.39 Å². The fraction of sp³-hybridized carbons (Fsp3) is 0.194. The van der Waals surface area contributed by atoms with Gasteiger partial charge in [0.15, 0.2) is 0 Å². The van der Waals surface area contributed by atoms with Crippen molar-refractivity contribution >= 4 is 18.1 Å². The Hall–Kier alpha value is -4.24. The lowest BCUT2D eigenvalue weighted by molar-refractivity contribution is -0.133. The highest BCUT2D eigenvalue weighted by Gasteiger charge is 2.52. The molecule has 4 aromatic carbocycles. The molecule has 3 heteroatoms. The van der Waals surface area contributed by atoms with E-state index in [0.29, 0.717) is 12.1 Å². The molecule has 0 unspecified atom stereocenters. The van der Waals surface area contributed by atoms with E-state index in [2.05, 4.69) is 60.7 Å². The van der Waals surface area contributed by atoms with Gasteiger partial charge < -0.3 is 4.90 Å². The molecular weight excluding hydrogens is 481 g/mol. The summed E-state index contributed by atoms with van der Waals surface area (Å²) in [6.45, 7) is 2.44. The van der Waals surface area contributed by atoms with Crippen molar-refractivity contribution in [1.82, 2.24) is 4.90 Å². The molecule has 0 spiro atoms. The van der Waals surface area contributed by atoms with Gasteiger partial charge in [-0.15, -0.1) is 0 Å². The van der Waals surface area contributed by atoms with Gasteiger partial charge in [-0.05, 0) is 47.6 Å². The van der Waals surface area contributed by atoms with E-state index in [4.69, 9.17) is 0 Å². The summed E-state index contributed by atoms with van der Waals surface area (Å²) in [5, 5.41) is 0. The Morgan fingerprint density at radius 1 is 0.846 bits per heavy atom. The van der Waals surface area contributed by atoms with Crippen LogP contribution in [0.25, 0.3) is 12.2 Å². The molecule has 1 amide bonds. The van der Waals surface area contributed by atoms with Gasteiger partial charge in [-0.2, -0.15) is 0 Å². The van der Waals surface area contributed by atoms with Gasteiger partial charge in [0.1, 0.15) is 5.82 Å². The first kappa shape index (κ1) is 25.1. The first-order valence-electron chi connectivity index (χ1n) is 13.7. The number of hydrogen-bond acceptors (Lipinski definition) is 1. The lowest BCUT2D eigenvalue weighted by Crippen LogP contribution is -2.31. The van der Waals surface area contributed by atoms with Crippen LogP contribution in [0.1, 0.15) is 51.8 Å². The summed E-state index contributed by atoms with van der Waals surface area (Å²) < 4.78 is 15.3. The topological polar surface area (TPSA) is 20.3 Å². The number of fused-ring (bicyclic) bond motifs is 1. The second-order valence-electron chi connectivity index (χ2n) is 10.7. The maximum atomic E-state index is 15.3. The molecule has 1 aliphatic heterocycles. The fourth-order valence-electron chi connectivity index (χ4n) is 6.31. The highest BCUT2D eigenvalue weighted by molar-refractivity contribution is 5.84. The summed E-state index contributed by atoms with van der Waals surface area (Å²) in [7, 11) is 0. The number of hydrogen-bond donors (Lipinski definition) is 0. The van der Waals surface area contributed by atoms with E-state index in [-0.39, 0.29) is 35.5 Å². The molecule has 1 saturated heterocycles. The number of halogens is 1. The van der Waals surface area contributed by atoms with Crippen molar-refractivity contribution in [2.24, 2.45) is 11.8 Å². The first-order chi connectivity index (χ1) is 19.1. The molecule has 0 saturated carbocycles. The molecule has 4 atom stereocenters. The molecular formula is C36H32FNO. The van der Waals surface area contributed by atoms with E-state index in [9.17, 15) is 4.79 Å². The molecule has 0 radical (unpaired) electrons. The number of benzene rings is 4. The number of allylic oxidation sites excluding steroid dienone is 1. The largest absolute Gasteiger partial charge is 0.330 e. The number of amides is 1. The third kappa shape index (κ3) is 5.09. The predicted octanol–water partition coefficient (Wildman–Crippen LogP) is 8.36. The summed E-state index contributed by atoms with van der Waals surface area (Å²) >= 11 is 0. The number of likely N-dealkylation sites (tertiary alicyclic amines) is 1. The van der Waals surface area contributed by atoms with Gasteiger partial charge >= 0.3 is 0 Å². The molecule has 194 valence electrons. The van der Waals surface area contributed by atoms with Gasteiger partial charge in [-0.3, -0.25) is 4.79 Å². The monoisotopic (exact) mass is 513 g/mol. The molecule has 1 aliphatic carbocycles. The zero-order chi connectivity index (χ0) is 26.8. The zero-order valence-corrected chi connectivity index (χ0v) is 22.1. The predicted molar refractivity (Wildman–Crippen MR) is 156 cm³/mol. The summed E-state index contributed by atoms with van der Waals surface area (Å²) in [6.07, 6.45) is 9.38. The number of rotatable bonds is 6. The van der Waals surface area contributed by atoms with E-state index >= 15 is 4.39 Å². The SMILES string of the molecule is Cc1ccc(F)c([C@H]2[C@@H]3C=CC[C@H](c4cccc(/C=C/c5ccccc5)c4)[C@H]3C(=O)N2Cc2ccccc2)c1. The van der Waals surface area contributed by atoms with E-state index in [1.807, 2.05) is 66.4 Å². The summed E-state index contributed by atoms with van der Waals surface area (Å²) in [4.78, 5) is 16.2. The Bertz CT molecular complexity index is 1520. The quantitative estimate of drug-likeness (QED) is 0.187. The van der Waals surface area contributed by atoms with Gasteiger partial charge in [0.2, 0.25) is 5.91 Å². The van der Waals surface area contributed by atoms with E-state index in [0.717, 1.165) is 34.2 Å². The minimum Gasteiger partial charge on any atom is -0.330 e. The van der Waals surface area contributed by atoms with Crippen LogP contribution in [0.15, 0.2) is 115 Å². The average molecular weight is 514 g/mol. The van der Waals surface area contributed by atoms with Crippen molar-refractivity contribution < 1.29 is 9.18 Å². The second-order valence-corrected chi connectivity index (χ2v) is 10.7. The van der Waals surface area contributed by atoms with Crippen LogP contribution in [-0.2, 0) is 11.3 Å². The molecule has 0 bridgehead atoms. The number of aryl methyl sites for hydroxylation is 1. The Balaban J connectivity index is 1.37. The number of carbonyl (C=O) groups excluding carboxylic acids is 1. The van der Waals surface area contributed by atoms with E-state index < -0.39 is 0 Å². The van der Waals surface area contributed by atoms with Crippen LogP contribution in [0.5, 0.6) is 0 Å². The lowest BCUT2D eigenvalue weighted by atomic mass is 9.71. The van der Waals surface area contributed by atoms with Gasteiger partial charge in [0, 0.05) is 18.0 Å². The van der Waals surface area contributed by atoms with Crippen LogP contribution in [-0.4, -0.2) is 10.8 Å². The van der Waals surface area contributed by atoms with Gasteiger partial charge in [0.25, 0.3) is 0 Å². The summed E-state index contributed by atoms with van der Waals surface area (Å²) in [5.74, 6) is -0.444. The summed E-state index contributed by atoms with van der Waals surface area (Å²) in [5.41, 5.74) is 6.07. The van der Waals surface area contributed by atoms with Crippen LogP contribution < -0.4 is 0 Å².